The summed E-state index contributed by atoms with van der Waals surface area (Å²) in [5.41, 5.74) is -0.291. The summed E-state index contributed by atoms with van der Waals surface area (Å²) in [6.07, 6.45) is 0. The quantitative estimate of drug-likeness (QED) is 0.780. The van der Waals surface area contributed by atoms with Gasteiger partial charge in [0.2, 0.25) is 10.0 Å². The topological polar surface area (TPSA) is 86.4 Å². The van der Waals surface area contributed by atoms with Gasteiger partial charge >= 0.3 is 5.69 Å². The van der Waals surface area contributed by atoms with Gasteiger partial charge in [-0.1, -0.05) is 0 Å². The lowest BCUT2D eigenvalue weighted by Crippen LogP contribution is -2.40. The summed E-state index contributed by atoms with van der Waals surface area (Å²) >= 11 is 0. The minimum atomic E-state index is -3.97. The first kappa shape index (κ1) is 15.7. The molecule has 0 unspecified atom stereocenters. The monoisotopic (exact) mass is 342 g/mol. The standard InChI is InChI=1S/C13H15FN4O4S/c1-16-13(19)18-6-5-17(8-12(18)15-16)23(20,21)11-7-9(14)3-4-10(11)22-2/h3-4,7H,5-6,8H2,1-2H3. The van der Waals surface area contributed by atoms with E-state index in [0.29, 0.717) is 5.82 Å². The summed E-state index contributed by atoms with van der Waals surface area (Å²) in [5, 5.41) is 4.02. The van der Waals surface area contributed by atoms with Crippen LogP contribution in [0.25, 0.3) is 0 Å². The van der Waals surface area contributed by atoms with Crippen molar-refractivity contribution in [3.63, 3.8) is 0 Å². The predicted molar refractivity (Wildman–Crippen MR) is 78.0 cm³/mol. The third-order valence-electron chi connectivity index (χ3n) is 3.72. The van der Waals surface area contributed by atoms with Gasteiger partial charge < -0.3 is 4.74 Å². The average Bonchev–Trinajstić information content (AvgIpc) is 2.81. The van der Waals surface area contributed by atoms with Crippen molar-refractivity contribution in [3.05, 3.63) is 40.3 Å². The van der Waals surface area contributed by atoms with E-state index in [4.69, 9.17) is 4.74 Å². The average molecular weight is 342 g/mol. The van der Waals surface area contributed by atoms with E-state index in [1.807, 2.05) is 0 Å². The molecule has 10 heteroatoms. The van der Waals surface area contributed by atoms with Gasteiger partial charge in [-0.15, -0.1) is 0 Å². The maximum atomic E-state index is 13.5. The fraction of sp³-hybridized carbons (Fsp3) is 0.385. The van der Waals surface area contributed by atoms with E-state index in [1.165, 1.54) is 24.8 Å². The van der Waals surface area contributed by atoms with Gasteiger partial charge in [0.1, 0.15) is 22.3 Å². The Bertz CT molecular complexity index is 919. The zero-order chi connectivity index (χ0) is 16.8. The highest BCUT2D eigenvalue weighted by Crippen LogP contribution is 2.29. The van der Waals surface area contributed by atoms with Crippen LogP contribution in [0.15, 0.2) is 27.9 Å². The number of sulfonamides is 1. The third-order valence-corrected chi connectivity index (χ3v) is 5.59. The van der Waals surface area contributed by atoms with Crippen LogP contribution in [0.3, 0.4) is 0 Å². The second-order valence-corrected chi connectivity index (χ2v) is 7.01. The Morgan fingerprint density at radius 1 is 1.30 bits per heavy atom. The number of nitrogens with zero attached hydrogens (tertiary/aromatic N) is 4. The zero-order valence-electron chi connectivity index (χ0n) is 12.6. The summed E-state index contributed by atoms with van der Waals surface area (Å²) in [6, 6.07) is 3.32. The second kappa shape index (κ2) is 5.46. The molecule has 0 atom stereocenters. The number of fused-ring (bicyclic) bond motifs is 1. The Balaban J connectivity index is 2.02. The number of benzene rings is 1. The molecule has 1 aliphatic heterocycles. The smallest absolute Gasteiger partial charge is 0.345 e. The molecule has 1 aliphatic rings. The minimum Gasteiger partial charge on any atom is -0.495 e. The first-order chi connectivity index (χ1) is 10.8. The molecule has 124 valence electrons. The number of halogens is 1. The first-order valence-corrected chi connectivity index (χ1v) is 8.25. The van der Waals surface area contributed by atoms with Crippen LogP contribution in [0.1, 0.15) is 5.82 Å². The Labute approximate surface area is 131 Å². The van der Waals surface area contributed by atoms with Crippen LogP contribution in [-0.2, 0) is 30.2 Å². The van der Waals surface area contributed by atoms with E-state index in [1.54, 1.807) is 0 Å². The Kier molecular flexibility index (Phi) is 3.72. The SMILES string of the molecule is COc1ccc(F)cc1S(=O)(=O)N1CCn2c(nn(C)c2=O)C1. The van der Waals surface area contributed by atoms with Crippen LogP contribution < -0.4 is 10.4 Å². The number of methoxy groups -OCH3 is 1. The van der Waals surface area contributed by atoms with Gasteiger partial charge in [-0.05, 0) is 18.2 Å². The molecule has 0 N–H and O–H groups in total. The van der Waals surface area contributed by atoms with Gasteiger partial charge in [-0.2, -0.15) is 9.40 Å². The van der Waals surface area contributed by atoms with E-state index in [0.717, 1.165) is 21.1 Å². The van der Waals surface area contributed by atoms with Gasteiger partial charge in [-0.25, -0.2) is 22.3 Å². The number of ether oxygens (including phenoxy) is 1. The number of aromatic nitrogens is 3. The molecule has 0 amide bonds. The maximum Gasteiger partial charge on any atom is 0.345 e. The second-order valence-electron chi connectivity index (χ2n) is 5.11. The Morgan fingerprint density at radius 3 is 2.74 bits per heavy atom. The minimum absolute atomic E-state index is 0.0575. The van der Waals surface area contributed by atoms with E-state index in [-0.39, 0.29) is 36.0 Å². The highest BCUT2D eigenvalue weighted by Gasteiger charge is 2.33. The maximum absolute atomic E-state index is 13.5. The van der Waals surface area contributed by atoms with Crippen molar-refractivity contribution < 1.29 is 17.5 Å². The molecule has 0 saturated carbocycles. The molecule has 23 heavy (non-hydrogen) atoms. The fourth-order valence-electron chi connectivity index (χ4n) is 2.54. The first-order valence-electron chi connectivity index (χ1n) is 6.81. The normalized spacial score (nSPS) is 15.4. The lowest BCUT2D eigenvalue weighted by atomic mass is 10.3. The van der Waals surface area contributed by atoms with Crippen molar-refractivity contribution in [2.75, 3.05) is 13.7 Å². The van der Waals surface area contributed by atoms with E-state index in [9.17, 15) is 17.6 Å². The van der Waals surface area contributed by atoms with Gasteiger partial charge in [-0.3, -0.25) is 4.57 Å². The number of hydrogen-bond acceptors (Lipinski definition) is 5. The van der Waals surface area contributed by atoms with Gasteiger partial charge in [0.05, 0.1) is 13.7 Å². The molecule has 0 saturated heterocycles. The van der Waals surface area contributed by atoms with Crippen LogP contribution in [0.2, 0.25) is 0 Å². The lowest BCUT2D eigenvalue weighted by molar-refractivity contribution is 0.329. The highest BCUT2D eigenvalue weighted by molar-refractivity contribution is 7.89. The van der Waals surface area contributed by atoms with E-state index >= 15 is 0 Å². The van der Waals surface area contributed by atoms with Gasteiger partial charge in [0.25, 0.3) is 0 Å². The van der Waals surface area contributed by atoms with Crippen molar-refractivity contribution >= 4 is 10.0 Å². The molecule has 0 radical (unpaired) electrons. The molecule has 1 aromatic carbocycles. The third kappa shape index (κ3) is 2.53. The van der Waals surface area contributed by atoms with E-state index in [2.05, 4.69) is 5.10 Å². The van der Waals surface area contributed by atoms with Crippen LogP contribution in [0.4, 0.5) is 4.39 Å². The van der Waals surface area contributed by atoms with Crippen molar-refractivity contribution in [2.45, 2.75) is 18.0 Å². The predicted octanol–water partition coefficient (Wildman–Crippen LogP) is -0.0660. The number of rotatable bonds is 3. The molecule has 2 heterocycles. The molecule has 8 nitrogen and oxygen atoms in total. The van der Waals surface area contributed by atoms with E-state index < -0.39 is 15.8 Å². The Hall–Kier alpha value is -2.20. The molecular formula is C13H15FN4O4S. The summed E-state index contributed by atoms with van der Waals surface area (Å²) in [4.78, 5) is 11.6. The molecule has 3 rings (SSSR count). The van der Waals surface area contributed by atoms with Crippen LogP contribution in [0, 0.1) is 5.82 Å². The molecule has 0 spiro atoms. The van der Waals surface area contributed by atoms with Crippen LogP contribution in [0.5, 0.6) is 5.75 Å². The molecule has 0 fully saturated rings. The Morgan fingerprint density at radius 2 is 2.04 bits per heavy atom. The van der Waals surface area contributed by atoms with Crippen molar-refractivity contribution in [2.24, 2.45) is 7.05 Å². The van der Waals surface area contributed by atoms with Crippen molar-refractivity contribution in [1.82, 2.24) is 18.7 Å². The lowest BCUT2D eigenvalue weighted by Gasteiger charge is -2.26. The zero-order valence-corrected chi connectivity index (χ0v) is 13.4. The highest BCUT2D eigenvalue weighted by atomic mass is 32.2. The summed E-state index contributed by atoms with van der Waals surface area (Å²) in [7, 11) is -1.15. The fourth-order valence-corrected chi connectivity index (χ4v) is 4.09. The molecular weight excluding hydrogens is 327 g/mol. The van der Waals surface area contributed by atoms with Crippen molar-refractivity contribution in [3.8, 4) is 5.75 Å². The van der Waals surface area contributed by atoms with Crippen LogP contribution in [-0.4, -0.2) is 40.7 Å². The largest absolute Gasteiger partial charge is 0.495 e. The molecule has 0 aliphatic carbocycles. The molecule has 0 bridgehead atoms. The molecule has 2 aromatic rings. The molecule has 1 aromatic heterocycles. The summed E-state index contributed by atoms with van der Waals surface area (Å²) in [6.45, 7) is 0.234. The van der Waals surface area contributed by atoms with Gasteiger partial charge in [0.15, 0.2) is 0 Å². The summed E-state index contributed by atoms with van der Waals surface area (Å²) in [5.74, 6) is -0.255. The summed E-state index contributed by atoms with van der Waals surface area (Å²) < 4.78 is 47.8. The number of aryl methyl sites for hydroxylation is 1. The number of hydrogen-bond donors (Lipinski definition) is 0. The van der Waals surface area contributed by atoms with Crippen LogP contribution >= 0.6 is 0 Å². The van der Waals surface area contributed by atoms with Gasteiger partial charge in [0, 0.05) is 20.1 Å². The van der Waals surface area contributed by atoms with Crippen molar-refractivity contribution in [1.29, 1.82) is 0 Å².